The molecule has 0 radical (unpaired) electrons. The average molecular weight is 381 g/mol. The van der Waals surface area contributed by atoms with Crippen molar-refractivity contribution in [1.29, 1.82) is 0 Å². The van der Waals surface area contributed by atoms with E-state index in [-0.39, 0.29) is 5.75 Å². The number of aromatic hydroxyl groups is 1. The quantitative estimate of drug-likeness (QED) is 0.379. The van der Waals surface area contributed by atoms with Crippen molar-refractivity contribution < 1.29 is 5.11 Å². The lowest BCUT2D eigenvalue weighted by Gasteiger charge is -2.05. The van der Waals surface area contributed by atoms with Crippen LogP contribution in [-0.4, -0.2) is 21.3 Å². The molecule has 4 aromatic rings. The fraction of sp³-hybridized carbons (Fsp3) is 0. The summed E-state index contributed by atoms with van der Waals surface area (Å²) in [6.07, 6.45) is 3.14. The molecule has 5 nitrogen and oxygen atoms in total. The maximum Gasteiger partial charge on any atom is 0.159 e. The Bertz CT molecular complexity index is 1090. The fourth-order valence-electron chi connectivity index (χ4n) is 2.57. The summed E-state index contributed by atoms with van der Waals surface area (Å²) in [6.45, 7) is 0. The van der Waals surface area contributed by atoms with E-state index in [1.54, 1.807) is 35.8 Å². The zero-order chi connectivity index (χ0) is 17.9. The van der Waals surface area contributed by atoms with E-state index in [0.29, 0.717) is 10.8 Å². The van der Waals surface area contributed by atoms with E-state index in [1.165, 1.54) is 6.33 Å². The molecule has 0 aliphatic heterocycles. The first-order chi connectivity index (χ1) is 12.7. The summed E-state index contributed by atoms with van der Waals surface area (Å²) in [7, 11) is 0. The number of phenols is 1. The van der Waals surface area contributed by atoms with Crippen LogP contribution in [0.15, 0.2) is 65.3 Å². The number of hydrazone groups is 1. The third kappa shape index (κ3) is 3.37. The summed E-state index contributed by atoms with van der Waals surface area (Å²) in [6, 6.07) is 14.5. The summed E-state index contributed by atoms with van der Waals surface area (Å²) in [4.78, 5) is 9.54. The highest BCUT2D eigenvalue weighted by atomic mass is 35.5. The van der Waals surface area contributed by atoms with Crippen LogP contribution in [0.5, 0.6) is 5.75 Å². The topological polar surface area (TPSA) is 70.4 Å². The van der Waals surface area contributed by atoms with E-state index in [1.807, 2.05) is 35.7 Å². The number of aromatic nitrogens is 2. The Labute approximate surface area is 158 Å². The van der Waals surface area contributed by atoms with E-state index < -0.39 is 0 Å². The Balaban J connectivity index is 1.69. The molecular formula is C19H13ClN4OS. The minimum Gasteiger partial charge on any atom is -0.508 e. The van der Waals surface area contributed by atoms with Crippen LogP contribution in [0.4, 0.5) is 5.82 Å². The molecule has 0 amide bonds. The van der Waals surface area contributed by atoms with Crippen LogP contribution in [0.25, 0.3) is 21.3 Å². The lowest BCUT2D eigenvalue weighted by atomic mass is 10.1. The third-order valence-corrected chi connectivity index (χ3v) is 4.92. The molecule has 7 heteroatoms. The number of benzene rings is 2. The molecule has 0 aliphatic carbocycles. The van der Waals surface area contributed by atoms with Gasteiger partial charge in [0.15, 0.2) is 5.82 Å². The molecule has 2 heterocycles. The molecule has 0 spiro atoms. The first-order valence-electron chi connectivity index (χ1n) is 7.77. The van der Waals surface area contributed by atoms with Gasteiger partial charge in [0.2, 0.25) is 0 Å². The molecule has 4 rings (SSSR count). The molecular weight excluding hydrogens is 368 g/mol. The fourth-order valence-corrected chi connectivity index (χ4v) is 3.62. The maximum atomic E-state index is 9.51. The minimum atomic E-state index is 0.196. The Morgan fingerprint density at radius 1 is 1.12 bits per heavy atom. The molecule has 0 saturated carbocycles. The number of halogens is 1. The van der Waals surface area contributed by atoms with Crippen LogP contribution in [0.2, 0.25) is 5.02 Å². The van der Waals surface area contributed by atoms with Gasteiger partial charge in [0, 0.05) is 16.0 Å². The van der Waals surface area contributed by atoms with Gasteiger partial charge in [-0.25, -0.2) is 9.97 Å². The number of anilines is 1. The second kappa shape index (κ2) is 7.11. The summed E-state index contributed by atoms with van der Waals surface area (Å²) < 4.78 is 0. The van der Waals surface area contributed by atoms with E-state index in [9.17, 15) is 5.11 Å². The number of fused-ring (bicyclic) bond motifs is 1. The van der Waals surface area contributed by atoms with Crippen LogP contribution in [0, 0.1) is 0 Å². The highest BCUT2D eigenvalue weighted by Crippen LogP contribution is 2.36. The Morgan fingerprint density at radius 2 is 1.96 bits per heavy atom. The molecule has 2 N–H and O–H groups in total. The van der Waals surface area contributed by atoms with Gasteiger partial charge in [-0.15, -0.1) is 11.3 Å². The number of thiophene rings is 1. The number of rotatable bonds is 4. The monoisotopic (exact) mass is 380 g/mol. The van der Waals surface area contributed by atoms with Gasteiger partial charge in [-0.2, -0.15) is 5.10 Å². The lowest BCUT2D eigenvalue weighted by molar-refractivity contribution is 0.475. The molecule has 0 fully saturated rings. The van der Waals surface area contributed by atoms with Gasteiger partial charge in [0.05, 0.1) is 11.6 Å². The molecule has 0 bridgehead atoms. The van der Waals surface area contributed by atoms with Crippen LogP contribution >= 0.6 is 22.9 Å². The zero-order valence-corrected chi connectivity index (χ0v) is 15.0. The average Bonchev–Trinajstić information content (AvgIpc) is 3.07. The van der Waals surface area contributed by atoms with Crippen molar-refractivity contribution in [2.45, 2.75) is 0 Å². The van der Waals surface area contributed by atoms with Crippen LogP contribution in [0.3, 0.4) is 0 Å². The largest absolute Gasteiger partial charge is 0.508 e. The normalized spacial score (nSPS) is 11.3. The van der Waals surface area contributed by atoms with Crippen LogP contribution in [-0.2, 0) is 0 Å². The predicted octanol–water partition coefficient (Wildman–Crippen LogP) is 5.16. The van der Waals surface area contributed by atoms with Crippen molar-refractivity contribution in [1.82, 2.24) is 9.97 Å². The standard InChI is InChI=1S/C19H13ClN4OS/c20-14-6-4-13(5-7-14)16-10-26-19-17(16)18(21-11-22-19)24-23-9-12-2-1-3-15(25)8-12/h1-11,25H,(H,21,22,24). The van der Waals surface area contributed by atoms with Crippen molar-refractivity contribution >= 4 is 45.2 Å². The van der Waals surface area contributed by atoms with E-state index in [0.717, 1.165) is 26.9 Å². The van der Waals surface area contributed by atoms with E-state index in [4.69, 9.17) is 11.6 Å². The van der Waals surface area contributed by atoms with Gasteiger partial charge >= 0.3 is 0 Å². The van der Waals surface area contributed by atoms with Gasteiger partial charge in [-0.1, -0.05) is 35.9 Å². The predicted molar refractivity (Wildman–Crippen MR) is 107 cm³/mol. The van der Waals surface area contributed by atoms with Crippen molar-refractivity contribution in [2.24, 2.45) is 5.10 Å². The molecule has 0 atom stereocenters. The minimum absolute atomic E-state index is 0.196. The summed E-state index contributed by atoms with van der Waals surface area (Å²) >= 11 is 7.54. The van der Waals surface area contributed by atoms with Crippen molar-refractivity contribution in [3.8, 4) is 16.9 Å². The molecule has 2 aromatic carbocycles. The number of hydrogen-bond acceptors (Lipinski definition) is 6. The van der Waals surface area contributed by atoms with Gasteiger partial charge < -0.3 is 5.11 Å². The molecule has 0 saturated heterocycles. The van der Waals surface area contributed by atoms with Crippen LogP contribution < -0.4 is 5.43 Å². The second-order valence-electron chi connectivity index (χ2n) is 5.52. The van der Waals surface area contributed by atoms with Gasteiger partial charge in [0.25, 0.3) is 0 Å². The number of nitrogens with one attached hydrogen (secondary N) is 1. The van der Waals surface area contributed by atoms with Crippen molar-refractivity contribution in [2.75, 3.05) is 5.43 Å². The number of phenolic OH excluding ortho intramolecular Hbond substituents is 1. The van der Waals surface area contributed by atoms with Gasteiger partial charge in [-0.3, -0.25) is 5.43 Å². The summed E-state index contributed by atoms with van der Waals surface area (Å²) in [5.41, 5.74) is 5.83. The molecule has 26 heavy (non-hydrogen) atoms. The summed E-state index contributed by atoms with van der Waals surface area (Å²) in [5, 5.41) is 17.4. The molecule has 0 unspecified atom stereocenters. The second-order valence-corrected chi connectivity index (χ2v) is 6.82. The molecule has 128 valence electrons. The number of nitrogens with zero attached hydrogens (tertiary/aromatic N) is 3. The maximum absolute atomic E-state index is 9.51. The Kier molecular flexibility index (Phi) is 4.51. The van der Waals surface area contributed by atoms with Crippen molar-refractivity contribution in [3.63, 3.8) is 0 Å². The third-order valence-electron chi connectivity index (χ3n) is 3.78. The lowest BCUT2D eigenvalue weighted by Crippen LogP contribution is -1.95. The van der Waals surface area contributed by atoms with Gasteiger partial charge in [-0.05, 0) is 35.4 Å². The van der Waals surface area contributed by atoms with E-state index in [2.05, 4.69) is 20.5 Å². The first-order valence-corrected chi connectivity index (χ1v) is 9.03. The first kappa shape index (κ1) is 16.5. The van der Waals surface area contributed by atoms with E-state index >= 15 is 0 Å². The summed E-state index contributed by atoms with van der Waals surface area (Å²) in [5.74, 6) is 0.818. The highest BCUT2D eigenvalue weighted by molar-refractivity contribution is 7.17. The van der Waals surface area contributed by atoms with Gasteiger partial charge in [0.1, 0.15) is 16.9 Å². The highest BCUT2D eigenvalue weighted by Gasteiger charge is 2.12. The van der Waals surface area contributed by atoms with Crippen LogP contribution in [0.1, 0.15) is 5.56 Å². The molecule has 2 aromatic heterocycles. The smallest absolute Gasteiger partial charge is 0.159 e. The molecule has 0 aliphatic rings. The Morgan fingerprint density at radius 3 is 2.77 bits per heavy atom. The number of hydrogen-bond donors (Lipinski definition) is 2. The van der Waals surface area contributed by atoms with Crippen molar-refractivity contribution in [3.05, 3.63) is 70.8 Å². The SMILES string of the molecule is Oc1cccc(C=NNc2ncnc3scc(-c4ccc(Cl)cc4)c23)c1. The Hall–Kier alpha value is -2.96. The zero-order valence-electron chi connectivity index (χ0n) is 13.4.